The first-order chi connectivity index (χ1) is 8.18. The van der Waals surface area contributed by atoms with Crippen LogP contribution < -0.4 is 10.0 Å². The van der Waals surface area contributed by atoms with Gasteiger partial charge in [-0.1, -0.05) is 0 Å². The van der Waals surface area contributed by atoms with Crippen LogP contribution in [0.1, 0.15) is 26.2 Å². The number of sulfonamides is 1. The summed E-state index contributed by atoms with van der Waals surface area (Å²) in [6.45, 7) is 2.75. The van der Waals surface area contributed by atoms with Gasteiger partial charge in [-0.3, -0.25) is 0 Å². The highest BCUT2D eigenvalue weighted by Gasteiger charge is 2.32. The number of piperidine rings is 1. The van der Waals surface area contributed by atoms with Crippen LogP contribution in [0, 0.1) is 5.92 Å². The molecule has 1 aliphatic heterocycles. The number of hydrogen-bond acceptors (Lipinski definition) is 3. The molecule has 1 aliphatic rings. The summed E-state index contributed by atoms with van der Waals surface area (Å²) in [7, 11) is -3.63. The number of alkyl halides is 3. The third-order valence-corrected chi connectivity index (χ3v) is 4.50. The molecule has 1 rings (SSSR count). The molecule has 0 aromatic carbocycles. The molecule has 2 N–H and O–H groups in total. The van der Waals surface area contributed by atoms with Crippen molar-refractivity contribution in [3.05, 3.63) is 0 Å². The molecule has 1 unspecified atom stereocenters. The molecular formula is C10H19F3N2O2S. The summed E-state index contributed by atoms with van der Waals surface area (Å²) >= 11 is 0. The summed E-state index contributed by atoms with van der Waals surface area (Å²) in [6, 6.07) is -1.11. The zero-order chi connectivity index (χ0) is 13.8. The molecule has 4 nitrogen and oxygen atoms in total. The predicted octanol–water partition coefficient (Wildman–Crippen LogP) is 1.25. The van der Waals surface area contributed by atoms with Gasteiger partial charge in [-0.2, -0.15) is 13.2 Å². The molecule has 0 radical (unpaired) electrons. The van der Waals surface area contributed by atoms with E-state index in [2.05, 4.69) is 10.0 Å². The Morgan fingerprint density at radius 2 is 1.89 bits per heavy atom. The molecule has 1 saturated heterocycles. The number of nitrogens with one attached hydrogen (secondary N) is 2. The summed E-state index contributed by atoms with van der Waals surface area (Å²) in [5.74, 6) is -0.0570. The standard InChI is InChI=1S/C10H19F3N2O2S/c1-8(6-10(11,12)13)15-18(16,17)7-9-2-4-14-5-3-9/h8-9,14-15H,2-7H2,1H3. The summed E-state index contributed by atoms with van der Waals surface area (Å²) in [6.07, 6.45) is -4.00. The molecule has 0 spiro atoms. The number of rotatable bonds is 5. The fourth-order valence-electron chi connectivity index (χ4n) is 2.10. The quantitative estimate of drug-likeness (QED) is 0.800. The van der Waals surface area contributed by atoms with Crippen LogP contribution >= 0.6 is 0 Å². The van der Waals surface area contributed by atoms with Crippen molar-refractivity contribution in [3.8, 4) is 0 Å². The minimum absolute atomic E-state index is 0.0295. The van der Waals surface area contributed by atoms with Gasteiger partial charge in [-0.25, -0.2) is 13.1 Å². The van der Waals surface area contributed by atoms with Crippen molar-refractivity contribution < 1.29 is 21.6 Å². The lowest BCUT2D eigenvalue weighted by Gasteiger charge is -2.23. The van der Waals surface area contributed by atoms with Crippen LogP contribution in [0.5, 0.6) is 0 Å². The second-order valence-electron chi connectivity index (χ2n) is 4.81. The van der Waals surface area contributed by atoms with Crippen LogP contribution in [0.3, 0.4) is 0 Å². The molecule has 0 aliphatic carbocycles. The van der Waals surface area contributed by atoms with Crippen LogP contribution in [0.2, 0.25) is 0 Å². The van der Waals surface area contributed by atoms with E-state index in [0.717, 1.165) is 25.9 Å². The molecule has 0 bridgehead atoms. The third kappa shape index (κ3) is 6.55. The van der Waals surface area contributed by atoms with Crippen molar-refractivity contribution in [2.75, 3.05) is 18.8 Å². The molecule has 0 amide bonds. The fourth-order valence-corrected chi connectivity index (χ4v) is 3.85. The molecule has 1 atom stereocenters. The summed E-state index contributed by atoms with van der Waals surface area (Å²) < 4.78 is 61.8. The fraction of sp³-hybridized carbons (Fsp3) is 1.00. The molecule has 0 aromatic heterocycles. The Balaban J connectivity index is 2.43. The maximum Gasteiger partial charge on any atom is 0.390 e. The van der Waals surface area contributed by atoms with Crippen molar-refractivity contribution in [1.82, 2.24) is 10.0 Å². The smallest absolute Gasteiger partial charge is 0.317 e. The topological polar surface area (TPSA) is 58.2 Å². The molecule has 1 fully saturated rings. The average Bonchev–Trinajstić information content (AvgIpc) is 2.13. The van der Waals surface area contributed by atoms with Gasteiger partial charge >= 0.3 is 6.18 Å². The highest BCUT2D eigenvalue weighted by Crippen LogP contribution is 2.22. The Bertz CT molecular complexity index is 351. The summed E-state index contributed by atoms with van der Waals surface area (Å²) in [5, 5.41) is 3.11. The van der Waals surface area contributed by atoms with E-state index in [-0.39, 0.29) is 11.7 Å². The van der Waals surface area contributed by atoms with Gasteiger partial charge in [0.15, 0.2) is 0 Å². The Morgan fingerprint density at radius 1 is 1.33 bits per heavy atom. The largest absolute Gasteiger partial charge is 0.390 e. The molecule has 0 aromatic rings. The highest BCUT2D eigenvalue weighted by molar-refractivity contribution is 7.89. The molecule has 1 heterocycles. The molecule has 8 heteroatoms. The highest BCUT2D eigenvalue weighted by atomic mass is 32.2. The van der Waals surface area contributed by atoms with Gasteiger partial charge in [0.1, 0.15) is 0 Å². The minimum Gasteiger partial charge on any atom is -0.317 e. The Labute approximate surface area is 105 Å². The van der Waals surface area contributed by atoms with E-state index in [9.17, 15) is 21.6 Å². The van der Waals surface area contributed by atoms with E-state index in [1.165, 1.54) is 6.92 Å². The van der Waals surface area contributed by atoms with E-state index < -0.39 is 28.7 Å². The zero-order valence-electron chi connectivity index (χ0n) is 10.3. The van der Waals surface area contributed by atoms with Gasteiger partial charge in [0.25, 0.3) is 0 Å². The minimum atomic E-state index is -4.35. The van der Waals surface area contributed by atoms with E-state index in [4.69, 9.17) is 0 Å². The summed E-state index contributed by atoms with van der Waals surface area (Å²) in [4.78, 5) is 0. The Morgan fingerprint density at radius 3 is 2.39 bits per heavy atom. The average molecular weight is 288 g/mol. The molecule has 18 heavy (non-hydrogen) atoms. The van der Waals surface area contributed by atoms with Gasteiger partial charge in [0.05, 0.1) is 12.2 Å². The molecular weight excluding hydrogens is 269 g/mol. The van der Waals surface area contributed by atoms with E-state index in [1.807, 2.05) is 0 Å². The molecule has 108 valence electrons. The maximum atomic E-state index is 12.1. The van der Waals surface area contributed by atoms with Gasteiger partial charge in [-0.15, -0.1) is 0 Å². The Kier molecular flexibility index (Phi) is 5.42. The van der Waals surface area contributed by atoms with Gasteiger partial charge in [0, 0.05) is 6.04 Å². The monoisotopic (exact) mass is 288 g/mol. The van der Waals surface area contributed by atoms with Gasteiger partial charge < -0.3 is 5.32 Å². The second-order valence-corrected chi connectivity index (χ2v) is 6.61. The molecule has 0 saturated carbocycles. The lowest BCUT2D eigenvalue weighted by atomic mass is 10.0. The zero-order valence-corrected chi connectivity index (χ0v) is 11.1. The van der Waals surface area contributed by atoms with Gasteiger partial charge in [-0.05, 0) is 38.8 Å². The van der Waals surface area contributed by atoms with Crippen LogP contribution in [-0.2, 0) is 10.0 Å². The second kappa shape index (κ2) is 6.21. The van der Waals surface area contributed by atoms with Crippen LogP contribution in [0.4, 0.5) is 13.2 Å². The first kappa shape index (κ1) is 15.7. The normalized spacial score (nSPS) is 20.9. The first-order valence-corrected chi connectivity index (χ1v) is 7.61. The van der Waals surface area contributed by atoms with E-state index in [1.54, 1.807) is 0 Å². The van der Waals surface area contributed by atoms with Crippen LogP contribution in [0.25, 0.3) is 0 Å². The number of halogens is 3. The van der Waals surface area contributed by atoms with Gasteiger partial charge in [0.2, 0.25) is 10.0 Å². The number of hydrogen-bond donors (Lipinski definition) is 2. The predicted molar refractivity (Wildman–Crippen MR) is 62.7 cm³/mol. The van der Waals surface area contributed by atoms with Crippen molar-refractivity contribution in [1.29, 1.82) is 0 Å². The van der Waals surface area contributed by atoms with Crippen molar-refractivity contribution >= 4 is 10.0 Å². The SMILES string of the molecule is CC(CC(F)(F)F)NS(=O)(=O)CC1CCNCC1. The third-order valence-electron chi connectivity index (χ3n) is 2.83. The van der Waals surface area contributed by atoms with E-state index in [0.29, 0.717) is 0 Å². The first-order valence-electron chi connectivity index (χ1n) is 5.95. The van der Waals surface area contributed by atoms with Crippen LogP contribution in [0.15, 0.2) is 0 Å². The van der Waals surface area contributed by atoms with E-state index >= 15 is 0 Å². The van der Waals surface area contributed by atoms with Crippen molar-refractivity contribution in [2.45, 2.75) is 38.4 Å². The van der Waals surface area contributed by atoms with Crippen LogP contribution in [-0.4, -0.2) is 39.5 Å². The summed E-state index contributed by atoms with van der Waals surface area (Å²) in [5.41, 5.74) is 0. The maximum absolute atomic E-state index is 12.1. The lowest BCUT2D eigenvalue weighted by molar-refractivity contribution is -0.137. The lowest BCUT2D eigenvalue weighted by Crippen LogP contribution is -2.40. The van der Waals surface area contributed by atoms with Crippen molar-refractivity contribution in [2.24, 2.45) is 5.92 Å². The van der Waals surface area contributed by atoms with Crippen molar-refractivity contribution in [3.63, 3.8) is 0 Å². The Hall–Kier alpha value is -0.340.